The fourth-order valence-electron chi connectivity index (χ4n) is 5.24. The van der Waals surface area contributed by atoms with Crippen LogP contribution in [0.15, 0.2) is 35.3 Å². The molecule has 1 aromatic carbocycles. The van der Waals surface area contributed by atoms with E-state index in [4.69, 9.17) is 11.5 Å². The monoisotopic (exact) mass is 642 g/mol. The number of rotatable bonds is 10. The highest BCUT2D eigenvalue weighted by Crippen LogP contribution is 2.12. The van der Waals surface area contributed by atoms with Crippen LogP contribution in [-0.4, -0.2) is 72.8 Å². The highest BCUT2D eigenvalue weighted by atomic mass is 16.2. The largest absolute Gasteiger partial charge is 0.370 e. The fourth-order valence-corrected chi connectivity index (χ4v) is 5.24. The van der Waals surface area contributed by atoms with E-state index in [0.717, 1.165) is 5.56 Å². The quantitative estimate of drug-likeness (QED) is 0.112. The van der Waals surface area contributed by atoms with Gasteiger partial charge in [-0.3, -0.25) is 29.0 Å². The number of amides is 5. The molecule has 13 heteroatoms. The second-order valence-corrected chi connectivity index (χ2v) is 12.8. The molecule has 0 unspecified atom stereocenters. The van der Waals surface area contributed by atoms with Crippen LogP contribution in [0.3, 0.4) is 0 Å². The molecule has 1 fully saturated rings. The molecule has 0 saturated carbocycles. The molecule has 4 atom stereocenters. The molecule has 0 radical (unpaired) electrons. The zero-order chi connectivity index (χ0) is 34.1. The second kappa shape index (κ2) is 20.1. The van der Waals surface area contributed by atoms with Crippen LogP contribution < -0.4 is 38.1 Å². The van der Waals surface area contributed by atoms with Crippen molar-refractivity contribution in [1.82, 2.24) is 26.6 Å². The van der Waals surface area contributed by atoms with Crippen molar-refractivity contribution < 1.29 is 24.0 Å². The molecule has 1 heterocycles. The van der Waals surface area contributed by atoms with Crippen molar-refractivity contribution >= 4 is 35.5 Å². The smallest absolute Gasteiger partial charge is 0.243 e. The lowest BCUT2D eigenvalue weighted by Gasteiger charge is -2.28. The number of hydrogen-bond acceptors (Lipinski definition) is 6. The molecule has 1 aliphatic heterocycles. The van der Waals surface area contributed by atoms with Gasteiger partial charge >= 0.3 is 0 Å². The molecule has 46 heavy (non-hydrogen) atoms. The molecule has 0 aromatic heterocycles. The minimum Gasteiger partial charge on any atom is -0.370 e. The number of benzene rings is 1. The first-order chi connectivity index (χ1) is 21.8. The van der Waals surface area contributed by atoms with Crippen LogP contribution in [0.5, 0.6) is 0 Å². The summed E-state index contributed by atoms with van der Waals surface area (Å²) in [5.41, 5.74) is 11.7. The zero-order valence-corrected chi connectivity index (χ0v) is 27.8. The number of aliphatic imine (C=N–C) groups is 1. The van der Waals surface area contributed by atoms with Crippen molar-refractivity contribution in [2.45, 2.75) is 110 Å². The standard InChI is InChI=1S/C33H54N8O5/c1-21(2)18-25-30(44)39-24(14-11-17-37-33(34)35)29(43)36-16-10-6-9-15-28(42)38-27(20-23-12-7-5-8-13-23)32(46)41-26(19-22(3)4)31(45)40-25/h5,7-8,12-13,21-22,24-27H,6,9-11,14-20H2,1-4H3,(H,36,43)(H,38,42)(H,39,44)(H,40,45)(H,41,46)(H4,34,35,37)/t24-,25-,26-,27-/m1/s1. The van der Waals surface area contributed by atoms with Crippen LogP contribution in [0.2, 0.25) is 0 Å². The Kier molecular flexibility index (Phi) is 16.6. The Labute approximate surface area is 272 Å². The van der Waals surface area contributed by atoms with Gasteiger partial charge in [0.25, 0.3) is 0 Å². The molecular formula is C33H54N8O5. The third kappa shape index (κ3) is 14.7. The topological polar surface area (TPSA) is 210 Å². The Bertz CT molecular complexity index is 1170. The first-order valence-electron chi connectivity index (χ1n) is 16.4. The highest BCUT2D eigenvalue weighted by Gasteiger charge is 2.32. The van der Waals surface area contributed by atoms with Gasteiger partial charge in [0.05, 0.1) is 0 Å². The molecule has 1 aromatic rings. The van der Waals surface area contributed by atoms with Gasteiger partial charge in [-0.05, 0) is 55.9 Å². The van der Waals surface area contributed by atoms with E-state index in [1.807, 2.05) is 58.0 Å². The maximum absolute atomic E-state index is 13.7. The predicted molar refractivity (Wildman–Crippen MR) is 178 cm³/mol. The van der Waals surface area contributed by atoms with Crippen LogP contribution in [0.25, 0.3) is 0 Å². The predicted octanol–water partition coefficient (Wildman–Crippen LogP) is 1.00. The first kappa shape index (κ1) is 38.0. The third-order valence-corrected chi connectivity index (χ3v) is 7.57. The molecular weight excluding hydrogens is 588 g/mol. The fraction of sp³-hybridized carbons (Fsp3) is 0.636. The van der Waals surface area contributed by atoms with Crippen molar-refractivity contribution in [3.05, 3.63) is 35.9 Å². The van der Waals surface area contributed by atoms with Gasteiger partial charge in [0, 0.05) is 25.9 Å². The summed E-state index contributed by atoms with van der Waals surface area (Å²) in [5.74, 6) is -2.09. The van der Waals surface area contributed by atoms with Gasteiger partial charge in [0.15, 0.2) is 5.96 Å². The van der Waals surface area contributed by atoms with Gasteiger partial charge in [0.1, 0.15) is 24.2 Å². The minimum atomic E-state index is -0.953. The summed E-state index contributed by atoms with van der Waals surface area (Å²) in [6, 6.07) is 5.69. The SMILES string of the molecule is CC(C)C[C@H]1NC(=O)[C@@H](Cc2ccccc2)NC(=O)CCCCCNC(=O)[C@@H](CCCN=C(N)N)NC(=O)[C@@H](CC(C)C)NC1=O. The summed E-state index contributed by atoms with van der Waals surface area (Å²) in [4.78, 5) is 71.0. The van der Waals surface area contributed by atoms with Gasteiger partial charge in [-0.1, -0.05) is 64.4 Å². The summed E-state index contributed by atoms with van der Waals surface area (Å²) < 4.78 is 0. The van der Waals surface area contributed by atoms with Crippen molar-refractivity contribution in [1.29, 1.82) is 0 Å². The van der Waals surface area contributed by atoms with E-state index in [0.29, 0.717) is 45.1 Å². The number of carbonyl (C=O) groups excluding carboxylic acids is 5. The van der Waals surface area contributed by atoms with E-state index in [9.17, 15) is 24.0 Å². The molecule has 2 rings (SSSR count). The van der Waals surface area contributed by atoms with Gasteiger partial charge in [-0.15, -0.1) is 0 Å². The average Bonchev–Trinajstić information content (AvgIpc) is 2.98. The minimum absolute atomic E-state index is 0.0374. The maximum Gasteiger partial charge on any atom is 0.243 e. The lowest BCUT2D eigenvalue weighted by atomic mass is 9.98. The van der Waals surface area contributed by atoms with E-state index >= 15 is 0 Å². The van der Waals surface area contributed by atoms with Gasteiger partial charge < -0.3 is 38.1 Å². The summed E-state index contributed by atoms with van der Waals surface area (Å²) in [6.45, 7) is 8.37. The van der Waals surface area contributed by atoms with Gasteiger partial charge in [-0.25, -0.2) is 0 Å². The lowest BCUT2D eigenvalue weighted by molar-refractivity contribution is -0.135. The number of hydrogen-bond donors (Lipinski definition) is 7. The number of carbonyl (C=O) groups is 5. The van der Waals surface area contributed by atoms with Crippen molar-refractivity contribution in [3.8, 4) is 0 Å². The number of nitrogens with one attached hydrogen (secondary N) is 5. The summed E-state index contributed by atoms with van der Waals surface area (Å²) in [7, 11) is 0. The maximum atomic E-state index is 13.7. The summed E-state index contributed by atoms with van der Waals surface area (Å²) in [5, 5.41) is 14.3. The molecule has 0 bridgehead atoms. The Morgan fingerprint density at radius 2 is 1.30 bits per heavy atom. The van der Waals surface area contributed by atoms with E-state index in [2.05, 4.69) is 31.6 Å². The zero-order valence-electron chi connectivity index (χ0n) is 27.8. The Morgan fingerprint density at radius 1 is 0.739 bits per heavy atom. The number of nitrogens with zero attached hydrogens (tertiary/aromatic N) is 1. The molecule has 256 valence electrons. The van der Waals surface area contributed by atoms with Crippen LogP contribution in [0.4, 0.5) is 0 Å². The molecule has 1 aliphatic rings. The van der Waals surface area contributed by atoms with E-state index in [1.165, 1.54) is 0 Å². The molecule has 0 aliphatic carbocycles. The van der Waals surface area contributed by atoms with Crippen LogP contribution >= 0.6 is 0 Å². The second-order valence-electron chi connectivity index (χ2n) is 12.8. The lowest BCUT2D eigenvalue weighted by Crippen LogP contribution is -2.58. The number of guanidine groups is 1. The van der Waals surface area contributed by atoms with E-state index in [-0.39, 0.29) is 55.4 Å². The van der Waals surface area contributed by atoms with Crippen molar-refractivity contribution in [2.24, 2.45) is 28.3 Å². The summed E-state index contributed by atoms with van der Waals surface area (Å²) in [6.07, 6.45) is 3.69. The summed E-state index contributed by atoms with van der Waals surface area (Å²) >= 11 is 0. The van der Waals surface area contributed by atoms with Crippen molar-refractivity contribution in [2.75, 3.05) is 13.1 Å². The van der Waals surface area contributed by atoms with E-state index in [1.54, 1.807) is 0 Å². The third-order valence-electron chi connectivity index (χ3n) is 7.57. The van der Waals surface area contributed by atoms with Gasteiger partial charge in [0.2, 0.25) is 29.5 Å². The average molecular weight is 643 g/mol. The molecule has 1 saturated heterocycles. The number of nitrogens with two attached hydrogens (primary N) is 2. The Hall–Kier alpha value is -4.16. The molecule has 13 nitrogen and oxygen atoms in total. The van der Waals surface area contributed by atoms with Crippen LogP contribution in [0.1, 0.15) is 84.6 Å². The van der Waals surface area contributed by atoms with Crippen molar-refractivity contribution in [3.63, 3.8) is 0 Å². The van der Waals surface area contributed by atoms with Gasteiger partial charge in [-0.2, -0.15) is 0 Å². The normalized spacial score (nSPS) is 22.8. The highest BCUT2D eigenvalue weighted by molar-refractivity contribution is 5.95. The molecule has 0 spiro atoms. The van der Waals surface area contributed by atoms with E-state index < -0.39 is 41.9 Å². The first-order valence-corrected chi connectivity index (χ1v) is 16.4. The van der Waals surface area contributed by atoms with Crippen LogP contribution in [0, 0.1) is 11.8 Å². The Morgan fingerprint density at radius 3 is 1.87 bits per heavy atom. The van der Waals surface area contributed by atoms with Crippen LogP contribution in [-0.2, 0) is 30.4 Å². The Balaban J connectivity index is 2.37. The molecule has 9 N–H and O–H groups in total. The molecule has 5 amide bonds.